The van der Waals surface area contributed by atoms with Gasteiger partial charge in [-0.05, 0) is 56.7 Å². The number of furan rings is 1. The third-order valence-electron chi connectivity index (χ3n) is 6.21. The highest BCUT2D eigenvalue weighted by molar-refractivity contribution is 5.95. The lowest BCUT2D eigenvalue weighted by Gasteiger charge is -2.35. The fraction of sp³-hybridized carbons (Fsp3) is 0.478. The predicted molar refractivity (Wildman–Crippen MR) is 109 cm³/mol. The van der Waals surface area contributed by atoms with Gasteiger partial charge in [-0.15, -0.1) is 0 Å². The average molecular weight is 413 g/mol. The number of likely N-dealkylation sites (tertiary alicyclic amines) is 1. The molecule has 0 unspecified atom stereocenters. The van der Waals surface area contributed by atoms with Gasteiger partial charge in [0.25, 0.3) is 5.91 Å². The number of aryl methyl sites for hydroxylation is 2. The summed E-state index contributed by atoms with van der Waals surface area (Å²) in [6, 6.07) is 8.66. The number of ether oxygens (including phenoxy) is 2. The molecule has 1 N–H and O–H groups in total. The number of aliphatic hydroxyl groups is 1. The van der Waals surface area contributed by atoms with Crippen molar-refractivity contribution in [1.29, 1.82) is 0 Å². The Hall–Kier alpha value is -2.80. The third-order valence-corrected chi connectivity index (χ3v) is 6.21. The lowest BCUT2D eigenvalue weighted by molar-refractivity contribution is -0.0237. The van der Waals surface area contributed by atoms with E-state index in [0.717, 1.165) is 5.76 Å². The van der Waals surface area contributed by atoms with Gasteiger partial charge in [-0.2, -0.15) is 0 Å². The molecule has 7 nitrogen and oxygen atoms in total. The molecule has 4 rings (SSSR count). The van der Waals surface area contributed by atoms with Gasteiger partial charge >= 0.3 is 5.97 Å². The molecule has 7 heteroatoms. The Kier molecular flexibility index (Phi) is 5.56. The Morgan fingerprint density at radius 1 is 1.10 bits per heavy atom. The van der Waals surface area contributed by atoms with E-state index in [1.165, 1.54) is 7.11 Å². The van der Waals surface area contributed by atoms with E-state index in [-0.39, 0.29) is 17.7 Å². The lowest BCUT2D eigenvalue weighted by Crippen LogP contribution is -2.42. The molecular weight excluding hydrogens is 386 g/mol. The molecule has 2 heterocycles. The first-order chi connectivity index (χ1) is 14.4. The Bertz CT molecular complexity index is 951. The zero-order chi connectivity index (χ0) is 21.4. The van der Waals surface area contributed by atoms with Crippen molar-refractivity contribution in [3.05, 3.63) is 53.0 Å². The molecule has 1 saturated heterocycles. The van der Waals surface area contributed by atoms with Crippen LogP contribution in [0, 0.1) is 25.7 Å². The summed E-state index contributed by atoms with van der Waals surface area (Å²) in [6.07, 6.45) is 0.0761. The lowest BCUT2D eigenvalue weighted by atomic mass is 9.78. The summed E-state index contributed by atoms with van der Waals surface area (Å²) in [4.78, 5) is 26.8. The van der Waals surface area contributed by atoms with Crippen LogP contribution in [0.1, 0.15) is 45.1 Å². The van der Waals surface area contributed by atoms with Gasteiger partial charge in [0.05, 0.1) is 18.8 Å². The van der Waals surface area contributed by atoms with Gasteiger partial charge in [-0.1, -0.05) is 12.1 Å². The van der Waals surface area contributed by atoms with Gasteiger partial charge in [0, 0.05) is 13.1 Å². The summed E-state index contributed by atoms with van der Waals surface area (Å²) in [5.74, 6) is 1.73. The topological polar surface area (TPSA) is 89.2 Å². The van der Waals surface area contributed by atoms with Crippen LogP contribution in [-0.4, -0.2) is 54.3 Å². The minimum atomic E-state index is -0.662. The maximum absolute atomic E-state index is 13.0. The van der Waals surface area contributed by atoms with Crippen molar-refractivity contribution in [1.82, 2.24) is 4.90 Å². The van der Waals surface area contributed by atoms with Crippen molar-refractivity contribution in [2.75, 3.05) is 20.2 Å². The van der Waals surface area contributed by atoms with Crippen molar-refractivity contribution < 1.29 is 28.6 Å². The number of amides is 1. The summed E-state index contributed by atoms with van der Waals surface area (Å²) < 4.78 is 16.4. The highest BCUT2D eigenvalue weighted by atomic mass is 16.5. The van der Waals surface area contributed by atoms with Gasteiger partial charge in [-0.25, -0.2) is 4.79 Å². The van der Waals surface area contributed by atoms with Crippen LogP contribution in [0.5, 0.6) is 5.75 Å². The minimum Gasteiger partial charge on any atom is -0.487 e. The van der Waals surface area contributed by atoms with Gasteiger partial charge in [0.2, 0.25) is 0 Å². The van der Waals surface area contributed by atoms with Crippen LogP contribution in [-0.2, 0) is 4.74 Å². The normalized spacial score (nSPS) is 25.7. The molecule has 1 aliphatic carbocycles. The van der Waals surface area contributed by atoms with Gasteiger partial charge in [-0.3, -0.25) is 4.79 Å². The summed E-state index contributed by atoms with van der Waals surface area (Å²) in [5.41, 5.74) is 0.940. The van der Waals surface area contributed by atoms with E-state index < -0.39 is 18.2 Å². The maximum atomic E-state index is 13.0. The Labute approximate surface area is 175 Å². The predicted octanol–water partition coefficient (Wildman–Crippen LogP) is 2.97. The van der Waals surface area contributed by atoms with Gasteiger partial charge < -0.3 is 23.9 Å². The summed E-state index contributed by atoms with van der Waals surface area (Å²) >= 11 is 0. The molecule has 2 aromatic rings. The smallest absolute Gasteiger partial charge is 0.341 e. The molecule has 2 fully saturated rings. The molecule has 1 aromatic carbocycles. The van der Waals surface area contributed by atoms with E-state index in [1.807, 2.05) is 11.8 Å². The zero-order valence-corrected chi connectivity index (χ0v) is 17.5. The fourth-order valence-corrected chi connectivity index (χ4v) is 4.71. The Morgan fingerprint density at radius 3 is 2.47 bits per heavy atom. The molecule has 1 aliphatic heterocycles. The van der Waals surface area contributed by atoms with E-state index in [0.29, 0.717) is 48.6 Å². The summed E-state index contributed by atoms with van der Waals surface area (Å²) in [5, 5.41) is 10.7. The standard InChI is InChI=1S/C23H27NO6/c1-13-8-18(14(2)29-13)22(26)24-11-15-9-19(25)21(10-16(15)12-24)30-20-7-5-4-6-17(20)23(27)28-3/h4-8,15-16,19,21,25H,9-12H2,1-3H3/t15-,16+,19+,21+/m0/s1. The quantitative estimate of drug-likeness (QED) is 0.776. The van der Waals surface area contributed by atoms with E-state index >= 15 is 0 Å². The zero-order valence-electron chi connectivity index (χ0n) is 17.5. The SMILES string of the molecule is COC(=O)c1ccccc1O[C@@H]1C[C@@H]2CN(C(=O)c3cc(C)oc3C)C[C@@H]2C[C@H]1O. The molecule has 1 aromatic heterocycles. The number of hydrogen-bond donors (Lipinski definition) is 1. The van der Waals surface area contributed by atoms with Gasteiger partial charge in [0.1, 0.15) is 28.9 Å². The largest absolute Gasteiger partial charge is 0.487 e. The number of fused-ring (bicyclic) bond motifs is 1. The second-order valence-electron chi connectivity index (χ2n) is 8.24. The second-order valence-corrected chi connectivity index (χ2v) is 8.24. The number of aliphatic hydroxyl groups excluding tert-OH is 1. The van der Waals surface area contributed by atoms with Gasteiger partial charge in [0.15, 0.2) is 0 Å². The Balaban J connectivity index is 1.46. The summed E-state index contributed by atoms with van der Waals surface area (Å²) in [6.45, 7) is 4.88. The monoisotopic (exact) mass is 413 g/mol. The fourth-order valence-electron chi connectivity index (χ4n) is 4.71. The van der Waals surface area contributed by atoms with Crippen LogP contribution in [0.4, 0.5) is 0 Å². The van der Waals surface area contributed by atoms with E-state index in [4.69, 9.17) is 13.9 Å². The second kappa shape index (κ2) is 8.14. The summed E-state index contributed by atoms with van der Waals surface area (Å²) in [7, 11) is 1.33. The number of nitrogens with zero attached hydrogens (tertiary/aromatic N) is 1. The minimum absolute atomic E-state index is 0.0262. The molecule has 4 atom stereocenters. The van der Waals surface area contributed by atoms with E-state index in [1.54, 1.807) is 37.3 Å². The molecule has 0 radical (unpaired) electrons. The number of carbonyl (C=O) groups is 2. The number of esters is 1. The van der Waals surface area contributed by atoms with E-state index in [2.05, 4.69) is 0 Å². The van der Waals surface area contributed by atoms with Crippen molar-refractivity contribution >= 4 is 11.9 Å². The van der Waals surface area contributed by atoms with Crippen LogP contribution in [0.25, 0.3) is 0 Å². The number of para-hydroxylation sites is 1. The molecule has 30 heavy (non-hydrogen) atoms. The van der Waals surface area contributed by atoms with Crippen LogP contribution in [0.2, 0.25) is 0 Å². The van der Waals surface area contributed by atoms with Crippen LogP contribution < -0.4 is 4.74 Å². The van der Waals surface area contributed by atoms with Crippen LogP contribution in [0.15, 0.2) is 34.7 Å². The number of hydrogen-bond acceptors (Lipinski definition) is 6. The first-order valence-corrected chi connectivity index (χ1v) is 10.3. The van der Waals surface area contributed by atoms with Crippen LogP contribution in [0.3, 0.4) is 0 Å². The molecule has 1 saturated carbocycles. The molecule has 2 aliphatic rings. The highest BCUT2D eigenvalue weighted by Crippen LogP contribution is 2.39. The molecular formula is C23H27NO6. The number of carbonyl (C=O) groups excluding carboxylic acids is 2. The first-order valence-electron chi connectivity index (χ1n) is 10.3. The van der Waals surface area contributed by atoms with Crippen LogP contribution >= 0.6 is 0 Å². The number of rotatable bonds is 4. The molecule has 0 spiro atoms. The highest BCUT2D eigenvalue weighted by Gasteiger charge is 2.44. The average Bonchev–Trinajstić information content (AvgIpc) is 3.29. The maximum Gasteiger partial charge on any atom is 0.341 e. The first kappa shape index (κ1) is 20.5. The van der Waals surface area contributed by atoms with E-state index in [9.17, 15) is 14.7 Å². The number of methoxy groups -OCH3 is 1. The van der Waals surface area contributed by atoms with Crippen molar-refractivity contribution in [2.24, 2.45) is 11.8 Å². The molecule has 160 valence electrons. The van der Waals surface area contributed by atoms with Crippen molar-refractivity contribution in [3.63, 3.8) is 0 Å². The molecule has 1 amide bonds. The van der Waals surface area contributed by atoms with Crippen molar-refractivity contribution in [3.8, 4) is 5.75 Å². The number of benzene rings is 1. The Morgan fingerprint density at radius 2 is 1.80 bits per heavy atom. The molecule has 0 bridgehead atoms. The van der Waals surface area contributed by atoms with Crippen molar-refractivity contribution in [2.45, 2.75) is 38.9 Å². The third kappa shape index (κ3) is 3.81.